The number of anilines is 1. The van der Waals surface area contributed by atoms with E-state index < -0.39 is 4.92 Å². The molecule has 1 fully saturated rings. The maximum Gasteiger partial charge on any atom is 0.282 e. The molecule has 0 aromatic heterocycles. The van der Waals surface area contributed by atoms with Gasteiger partial charge in [-0.15, -0.1) is 0 Å². The Morgan fingerprint density at radius 1 is 1.53 bits per heavy atom. The van der Waals surface area contributed by atoms with Crippen LogP contribution < -0.4 is 10.6 Å². The second-order valence-electron chi connectivity index (χ2n) is 3.77. The summed E-state index contributed by atoms with van der Waals surface area (Å²) in [5.41, 5.74) is 0.887. The van der Waals surface area contributed by atoms with Crippen LogP contribution in [0.5, 0.6) is 0 Å². The summed E-state index contributed by atoms with van der Waals surface area (Å²) in [6.07, 6.45) is 0.438. The van der Waals surface area contributed by atoms with Gasteiger partial charge in [0.15, 0.2) is 0 Å². The molecule has 1 saturated heterocycles. The molecule has 1 unspecified atom stereocenters. The second-order valence-corrected chi connectivity index (χ2v) is 4.93. The van der Waals surface area contributed by atoms with Crippen LogP contribution in [-0.2, 0) is 4.79 Å². The van der Waals surface area contributed by atoms with Gasteiger partial charge in [-0.3, -0.25) is 14.9 Å². The molecular formula is C10H10IN3O3. The van der Waals surface area contributed by atoms with E-state index in [0.717, 1.165) is 5.69 Å². The third kappa shape index (κ3) is 2.84. The average Bonchev–Trinajstić information content (AvgIpc) is 2.63. The molecule has 17 heavy (non-hydrogen) atoms. The Labute approximate surface area is 111 Å². The first-order valence-electron chi connectivity index (χ1n) is 5.03. The maximum atomic E-state index is 11.0. The van der Waals surface area contributed by atoms with Gasteiger partial charge in [0.1, 0.15) is 0 Å². The molecular weight excluding hydrogens is 337 g/mol. The zero-order valence-electron chi connectivity index (χ0n) is 8.77. The average molecular weight is 347 g/mol. The van der Waals surface area contributed by atoms with Crippen LogP contribution >= 0.6 is 22.6 Å². The Bertz CT molecular complexity index is 478. The molecule has 1 amide bonds. The summed E-state index contributed by atoms with van der Waals surface area (Å²) in [6, 6.07) is 4.89. The van der Waals surface area contributed by atoms with Crippen molar-refractivity contribution in [3.05, 3.63) is 31.9 Å². The highest BCUT2D eigenvalue weighted by Gasteiger charge is 2.21. The Hall–Kier alpha value is -1.38. The molecule has 0 spiro atoms. The molecule has 1 aliphatic heterocycles. The number of benzene rings is 1. The summed E-state index contributed by atoms with van der Waals surface area (Å²) in [4.78, 5) is 21.2. The second kappa shape index (κ2) is 4.86. The number of hydrogen-bond acceptors (Lipinski definition) is 4. The normalized spacial score (nSPS) is 18.9. The first kappa shape index (κ1) is 12.1. The van der Waals surface area contributed by atoms with Crippen molar-refractivity contribution in [2.45, 2.75) is 12.5 Å². The van der Waals surface area contributed by atoms with Crippen LogP contribution in [0.3, 0.4) is 0 Å². The predicted octanol–water partition coefficient (Wildman–Crippen LogP) is 1.50. The summed E-state index contributed by atoms with van der Waals surface area (Å²) in [6.45, 7) is 0.590. The summed E-state index contributed by atoms with van der Waals surface area (Å²) in [5, 5.41) is 16.5. The molecule has 1 atom stereocenters. The monoisotopic (exact) mass is 347 g/mol. The topological polar surface area (TPSA) is 84.3 Å². The molecule has 0 saturated carbocycles. The lowest BCUT2D eigenvalue weighted by molar-refractivity contribution is -0.385. The van der Waals surface area contributed by atoms with Gasteiger partial charge in [0, 0.05) is 24.7 Å². The Morgan fingerprint density at radius 3 is 2.82 bits per heavy atom. The number of hydrogen-bond donors (Lipinski definition) is 2. The number of amides is 1. The maximum absolute atomic E-state index is 11.0. The zero-order valence-corrected chi connectivity index (χ0v) is 10.9. The number of halogens is 1. The van der Waals surface area contributed by atoms with Crippen LogP contribution in [0.15, 0.2) is 18.2 Å². The highest BCUT2D eigenvalue weighted by Crippen LogP contribution is 2.24. The van der Waals surface area contributed by atoms with Gasteiger partial charge in [0.25, 0.3) is 5.69 Å². The van der Waals surface area contributed by atoms with E-state index in [2.05, 4.69) is 10.6 Å². The number of nitrogens with one attached hydrogen (secondary N) is 2. The molecule has 0 aliphatic carbocycles. The van der Waals surface area contributed by atoms with Crippen molar-refractivity contribution in [2.24, 2.45) is 0 Å². The molecule has 0 bridgehead atoms. The van der Waals surface area contributed by atoms with E-state index in [1.165, 1.54) is 6.07 Å². The van der Waals surface area contributed by atoms with Gasteiger partial charge in [-0.05, 0) is 34.7 Å². The fourth-order valence-corrected chi connectivity index (χ4v) is 2.40. The van der Waals surface area contributed by atoms with Gasteiger partial charge in [-0.25, -0.2) is 0 Å². The van der Waals surface area contributed by atoms with Crippen molar-refractivity contribution in [3.8, 4) is 0 Å². The van der Waals surface area contributed by atoms with E-state index in [9.17, 15) is 14.9 Å². The molecule has 6 nitrogen and oxygen atoms in total. The first-order valence-corrected chi connectivity index (χ1v) is 6.11. The van der Waals surface area contributed by atoms with Crippen LogP contribution in [0.1, 0.15) is 6.42 Å². The van der Waals surface area contributed by atoms with Crippen LogP contribution in [0.25, 0.3) is 0 Å². The molecule has 90 valence electrons. The Morgan fingerprint density at radius 2 is 2.29 bits per heavy atom. The predicted molar refractivity (Wildman–Crippen MR) is 70.9 cm³/mol. The van der Waals surface area contributed by atoms with E-state index in [4.69, 9.17) is 0 Å². The Kier molecular flexibility index (Phi) is 3.46. The summed E-state index contributed by atoms with van der Waals surface area (Å²) < 4.78 is 0.579. The van der Waals surface area contributed by atoms with E-state index in [-0.39, 0.29) is 17.6 Å². The largest absolute Gasteiger partial charge is 0.380 e. The molecule has 2 N–H and O–H groups in total. The lowest BCUT2D eigenvalue weighted by Gasteiger charge is -2.11. The van der Waals surface area contributed by atoms with E-state index in [0.29, 0.717) is 16.5 Å². The fraction of sp³-hybridized carbons (Fsp3) is 0.300. The summed E-state index contributed by atoms with van der Waals surface area (Å²) in [7, 11) is 0. The van der Waals surface area contributed by atoms with Crippen LogP contribution in [0.2, 0.25) is 0 Å². The van der Waals surface area contributed by atoms with Gasteiger partial charge in [-0.1, -0.05) is 0 Å². The lowest BCUT2D eigenvalue weighted by atomic mass is 10.2. The standard InChI is InChI=1S/C10H10IN3O3/c11-8-3-6(1-2-9(8)14(16)17)13-7-4-10(15)12-5-7/h1-3,7,13H,4-5H2,(H,12,15). The molecule has 1 aromatic rings. The smallest absolute Gasteiger partial charge is 0.282 e. The number of rotatable bonds is 3. The van der Waals surface area contributed by atoms with Gasteiger partial charge in [-0.2, -0.15) is 0 Å². The fourth-order valence-electron chi connectivity index (χ4n) is 1.69. The zero-order chi connectivity index (χ0) is 12.4. The summed E-state index contributed by atoms with van der Waals surface area (Å²) >= 11 is 1.93. The third-order valence-corrected chi connectivity index (χ3v) is 3.36. The molecule has 1 heterocycles. The molecule has 2 rings (SSSR count). The van der Waals surface area contributed by atoms with Gasteiger partial charge in [0.05, 0.1) is 14.5 Å². The third-order valence-electron chi connectivity index (χ3n) is 2.49. The lowest BCUT2D eigenvalue weighted by Crippen LogP contribution is -2.22. The minimum Gasteiger partial charge on any atom is -0.380 e. The van der Waals surface area contributed by atoms with Gasteiger partial charge >= 0.3 is 0 Å². The molecule has 0 radical (unpaired) electrons. The van der Waals surface area contributed by atoms with Crippen molar-refractivity contribution in [3.63, 3.8) is 0 Å². The molecule has 7 heteroatoms. The molecule has 1 aromatic carbocycles. The number of nitrogens with zero attached hydrogens (tertiary/aromatic N) is 1. The summed E-state index contributed by atoms with van der Waals surface area (Å²) in [5.74, 6) is 0.0270. The molecule has 1 aliphatic rings. The minimum absolute atomic E-state index is 0.0270. The van der Waals surface area contributed by atoms with Crippen molar-refractivity contribution in [1.82, 2.24) is 5.32 Å². The van der Waals surface area contributed by atoms with Crippen molar-refractivity contribution in [1.29, 1.82) is 0 Å². The van der Waals surface area contributed by atoms with Crippen molar-refractivity contribution in [2.75, 3.05) is 11.9 Å². The van der Waals surface area contributed by atoms with E-state index in [1.807, 2.05) is 22.6 Å². The first-order chi connectivity index (χ1) is 8.06. The highest BCUT2D eigenvalue weighted by molar-refractivity contribution is 14.1. The Balaban J connectivity index is 2.10. The minimum atomic E-state index is -0.411. The van der Waals surface area contributed by atoms with E-state index in [1.54, 1.807) is 12.1 Å². The van der Waals surface area contributed by atoms with Crippen molar-refractivity contribution >= 4 is 39.9 Å². The van der Waals surface area contributed by atoms with Crippen LogP contribution in [-0.4, -0.2) is 23.4 Å². The van der Waals surface area contributed by atoms with Crippen molar-refractivity contribution < 1.29 is 9.72 Å². The quantitative estimate of drug-likeness (QED) is 0.493. The van der Waals surface area contributed by atoms with Crippen LogP contribution in [0.4, 0.5) is 11.4 Å². The number of carbonyl (C=O) groups is 1. The SMILES string of the molecule is O=C1CC(Nc2ccc([N+](=O)[O-])c(I)c2)CN1. The van der Waals surface area contributed by atoms with Gasteiger partial charge < -0.3 is 10.6 Å². The van der Waals surface area contributed by atoms with E-state index >= 15 is 0 Å². The highest BCUT2D eigenvalue weighted by atomic mass is 127. The number of nitro benzene ring substituents is 1. The number of nitro groups is 1. The van der Waals surface area contributed by atoms with Gasteiger partial charge in [0.2, 0.25) is 5.91 Å². The van der Waals surface area contributed by atoms with Crippen LogP contribution in [0, 0.1) is 13.7 Å². The number of carbonyl (C=O) groups excluding carboxylic acids is 1.